The minimum absolute atomic E-state index is 0.348. The number of aromatic nitrogens is 2. The molecule has 1 aromatic rings. The van der Waals surface area contributed by atoms with Crippen LogP contribution in [0.5, 0.6) is 0 Å². The molecular weight excluding hydrogens is 194 g/mol. The lowest BCUT2D eigenvalue weighted by molar-refractivity contribution is 0.0126. The van der Waals surface area contributed by atoms with Gasteiger partial charge in [-0.25, -0.2) is 0 Å². The van der Waals surface area contributed by atoms with Gasteiger partial charge in [0.1, 0.15) is 0 Å². The Labute approximate surface area is 89.2 Å². The van der Waals surface area contributed by atoms with Crippen LogP contribution in [-0.2, 0) is 11.3 Å². The summed E-state index contributed by atoms with van der Waals surface area (Å²) < 4.78 is 10.8. The lowest BCUT2D eigenvalue weighted by atomic mass is 10.0. The third-order valence-electron chi connectivity index (χ3n) is 2.59. The molecule has 0 radical (unpaired) electrons. The molecule has 1 fully saturated rings. The molecule has 0 spiro atoms. The molecule has 2 unspecified atom stereocenters. The topological polar surface area (TPSA) is 60.2 Å². The van der Waals surface area contributed by atoms with Crippen molar-refractivity contribution in [2.24, 2.45) is 0 Å². The van der Waals surface area contributed by atoms with Gasteiger partial charge in [-0.3, -0.25) is 0 Å². The zero-order valence-electron chi connectivity index (χ0n) is 9.19. The molecule has 0 saturated carbocycles. The first-order valence-corrected chi connectivity index (χ1v) is 5.38. The number of hydrogen-bond acceptors (Lipinski definition) is 5. The van der Waals surface area contributed by atoms with E-state index in [1.54, 1.807) is 6.92 Å². The monoisotopic (exact) mass is 211 g/mol. The minimum atomic E-state index is 0.348. The molecule has 15 heavy (non-hydrogen) atoms. The van der Waals surface area contributed by atoms with Crippen LogP contribution in [0.25, 0.3) is 0 Å². The Bertz CT molecular complexity index is 313. The summed E-state index contributed by atoms with van der Waals surface area (Å²) in [5.74, 6) is 1.28. The Kier molecular flexibility index (Phi) is 3.33. The van der Waals surface area contributed by atoms with Crippen LogP contribution in [0.4, 0.5) is 0 Å². The molecule has 0 amide bonds. The number of hydrogen-bond donors (Lipinski definition) is 1. The quantitative estimate of drug-likeness (QED) is 0.809. The second-order valence-electron chi connectivity index (χ2n) is 4.00. The van der Waals surface area contributed by atoms with Gasteiger partial charge in [0.25, 0.3) is 0 Å². The fraction of sp³-hybridized carbons (Fsp3) is 0.800. The van der Waals surface area contributed by atoms with E-state index >= 15 is 0 Å². The van der Waals surface area contributed by atoms with Gasteiger partial charge in [0.15, 0.2) is 0 Å². The normalized spacial score (nSPS) is 26.8. The van der Waals surface area contributed by atoms with Gasteiger partial charge in [-0.2, -0.15) is 0 Å². The second kappa shape index (κ2) is 4.72. The molecule has 2 rings (SSSR count). The molecule has 2 heterocycles. The molecule has 0 bridgehead atoms. The van der Waals surface area contributed by atoms with E-state index in [-0.39, 0.29) is 0 Å². The Morgan fingerprint density at radius 3 is 3.00 bits per heavy atom. The SMILES string of the molecule is Cc1nnc(CNC2CCOC(C)C2)o1. The average Bonchev–Trinajstić information content (AvgIpc) is 2.62. The van der Waals surface area contributed by atoms with Crippen LogP contribution in [-0.4, -0.2) is 29.0 Å². The number of ether oxygens (including phenoxy) is 1. The van der Waals surface area contributed by atoms with Gasteiger partial charge < -0.3 is 14.5 Å². The maximum absolute atomic E-state index is 5.47. The highest BCUT2D eigenvalue weighted by Crippen LogP contribution is 2.13. The van der Waals surface area contributed by atoms with Crippen molar-refractivity contribution in [3.05, 3.63) is 11.8 Å². The van der Waals surface area contributed by atoms with E-state index in [1.807, 2.05) is 0 Å². The smallest absolute Gasteiger partial charge is 0.230 e. The van der Waals surface area contributed by atoms with E-state index in [4.69, 9.17) is 9.15 Å². The van der Waals surface area contributed by atoms with Gasteiger partial charge in [-0.05, 0) is 19.8 Å². The summed E-state index contributed by atoms with van der Waals surface area (Å²) in [5.41, 5.74) is 0. The van der Waals surface area contributed by atoms with E-state index in [2.05, 4.69) is 22.4 Å². The predicted octanol–water partition coefficient (Wildman–Crippen LogP) is 1.04. The standard InChI is InChI=1S/C10H17N3O2/c1-7-5-9(3-4-14-7)11-6-10-13-12-8(2)15-10/h7,9,11H,3-6H2,1-2H3. The highest BCUT2D eigenvalue weighted by atomic mass is 16.5. The number of aryl methyl sites for hydroxylation is 1. The summed E-state index contributed by atoms with van der Waals surface area (Å²) in [6, 6.07) is 0.501. The van der Waals surface area contributed by atoms with E-state index in [0.717, 1.165) is 19.4 Å². The molecule has 5 heteroatoms. The third kappa shape index (κ3) is 3.00. The molecular formula is C10H17N3O2. The van der Waals surface area contributed by atoms with Crippen LogP contribution >= 0.6 is 0 Å². The maximum atomic E-state index is 5.47. The predicted molar refractivity (Wildman–Crippen MR) is 54.3 cm³/mol. The van der Waals surface area contributed by atoms with Crippen LogP contribution in [0.3, 0.4) is 0 Å². The number of nitrogens with zero attached hydrogens (tertiary/aromatic N) is 2. The highest BCUT2D eigenvalue weighted by molar-refractivity contribution is 4.81. The molecule has 2 atom stereocenters. The molecule has 1 N–H and O–H groups in total. The third-order valence-corrected chi connectivity index (χ3v) is 2.59. The summed E-state index contributed by atoms with van der Waals surface area (Å²) in [7, 11) is 0. The fourth-order valence-electron chi connectivity index (χ4n) is 1.82. The second-order valence-corrected chi connectivity index (χ2v) is 4.00. The molecule has 1 aromatic heterocycles. The van der Waals surface area contributed by atoms with Gasteiger partial charge in [-0.1, -0.05) is 0 Å². The van der Waals surface area contributed by atoms with Gasteiger partial charge in [-0.15, -0.1) is 10.2 Å². The van der Waals surface area contributed by atoms with E-state index in [9.17, 15) is 0 Å². The van der Waals surface area contributed by atoms with Crippen molar-refractivity contribution in [2.75, 3.05) is 6.61 Å². The van der Waals surface area contributed by atoms with E-state index in [1.165, 1.54) is 0 Å². The summed E-state index contributed by atoms with van der Waals surface area (Å²) in [6.07, 6.45) is 2.45. The van der Waals surface area contributed by atoms with Crippen LogP contribution in [0.15, 0.2) is 4.42 Å². The minimum Gasteiger partial charge on any atom is -0.424 e. The molecule has 1 aliphatic heterocycles. The van der Waals surface area contributed by atoms with Gasteiger partial charge in [0.05, 0.1) is 12.6 Å². The van der Waals surface area contributed by atoms with E-state index in [0.29, 0.717) is 30.5 Å². The Hall–Kier alpha value is -0.940. The highest BCUT2D eigenvalue weighted by Gasteiger charge is 2.19. The van der Waals surface area contributed by atoms with Gasteiger partial charge in [0, 0.05) is 19.6 Å². The van der Waals surface area contributed by atoms with Crippen LogP contribution < -0.4 is 5.32 Å². The van der Waals surface area contributed by atoms with Crippen molar-refractivity contribution >= 4 is 0 Å². The average molecular weight is 211 g/mol. The zero-order chi connectivity index (χ0) is 10.7. The molecule has 1 saturated heterocycles. The molecule has 0 aromatic carbocycles. The summed E-state index contributed by atoms with van der Waals surface area (Å²) >= 11 is 0. The number of nitrogens with one attached hydrogen (secondary N) is 1. The molecule has 1 aliphatic rings. The first-order chi connectivity index (χ1) is 7.24. The van der Waals surface area contributed by atoms with Crippen molar-refractivity contribution in [1.82, 2.24) is 15.5 Å². The van der Waals surface area contributed by atoms with Crippen LogP contribution in [0.1, 0.15) is 31.5 Å². The summed E-state index contributed by atoms with van der Waals surface area (Å²) in [4.78, 5) is 0. The summed E-state index contributed by atoms with van der Waals surface area (Å²) in [6.45, 7) is 5.39. The largest absolute Gasteiger partial charge is 0.424 e. The first kappa shape index (κ1) is 10.6. The van der Waals surface area contributed by atoms with Crippen LogP contribution in [0, 0.1) is 6.92 Å². The van der Waals surface area contributed by atoms with Crippen molar-refractivity contribution in [1.29, 1.82) is 0 Å². The van der Waals surface area contributed by atoms with Gasteiger partial charge >= 0.3 is 0 Å². The van der Waals surface area contributed by atoms with Crippen molar-refractivity contribution in [3.8, 4) is 0 Å². The van der Waals surface area contributed by atoms with Gasteiger partial charge in [0.2, 0.25) is 11.8 Å². The lowest BCUT2D eigenvalue weighted by Gasteiger charge is -2.27. The Balaban J connectivity index is 1.77. The van der Waals surface area contributed by atoms with Crippen molar-refractivity contribution in [3.63, 3.8) is 0 Å². The number of rotatable bonds is 3. The van der Waals surface area contributed by atoms with Crippen LogP contribution in [0.2, 0.25) is 0 Å². The zero-order valence-corrected chi connectivity index (χ0v) is 9.19. The van der Waals surface area contributed by atoms with Crippen molar-refractivity contribution in [2.45, 2.75) is 45.4 Å². The Morgan fingerprint density at radius 1 is 1.47 bits per heavy atom. The fourth-order valence-corrected chi connectivity index (χ4v) is 1.82. The van der Waals surface area contributed by atoms with E-state index < -0.39 is 0 Å². The lowest BCUT2D eigenvalue weighted by Crippen LogP contribution is -2.37. The molecule has 5 nitrogen and oxygen atoms in total. The molecule has 0 aliphatic carbocycles. The summed E-state index contributed by atoms with van der Waals surface area (Å²) in [5, 5.41) is 11.1. The molecule has 84 valence electrons. The first-order valence-electron chi connectivity index (χ1n) is 5.38. The van der Waals surface area contributed by atoms with Crippen molar-refractivity contribution < 1.29 is 9.15 Å². The Morgan fingerprint density at radius 2 is 2.33 bits per heavy atom. The maximum Gasteiger partial charge on any atom is 0.230 e.